The maximum absolute atomic E-state index is 12.8. The number of ketones is 1. The zero-order valence-electron chi connectivity index (χ0n) is 19.0. The van der Waals surface area contributed by atoms with Crippen LogP contribution in [0.1, 0.15) is 61.5 Å². The average Bonchev–Trinajstić information content (AvgIpc) is 2.80. The largest absolute Gasteiger partial charge is 0.493 e. The standard InChI is InChI=1S/C27H34O4/c1-5-9-22-12-17-26(30-19-7-3)24(27(22)31-20-8-4)15-16-25(28)21-10-13-23(14-11-21)29-18-6-2/h6,10-17H,2,5,7-9,18-20H2,1,3-4H3. The number of carbonyl (C=O) groups is 1. The molecule has 0 amide bonds. The van der Waals surface area contributed by atoms with Crippen molar-refractivity contribution in [2.24, 2.45) is 0 Å². The molecule has 166 valence electrons. The van der Waals surface area contributed by atoms with Gasteiger partial charge in [-0.3, -0.25) is 4.79 Å². The number of allylic oxidation sites excluding steroid dienone is 1. The molecule has 2 aromatic carbocycles. The van der Waals surface area contributed by atoms with E-state index in [4.69, 9.17) is 14.2 Å². The van der Waals surface area contributed by atoms with E-state index in [1.165, 1.54) is 0 Å². The highest BCUT2D eigenvalue weighted by Crippen LogP contribution is 2.35. The molecule has 4 heteroatoms. The van der Waals surface area contributed by atoms with Gasteiger partial charge in [-0.2, -0.15) is 0 Å². The fraction of sp³-hybridized carbons (Fsp3) is 0.370. The number of hydrogen-bond donors (Lipinski definition) is 0. The van der Waals surface area contributed by atoms with Crippen LogP contribution < -0.4 is 14.2 Å². The highest BCUT2D eigenvalue weighted by Gasteiger charge is 2.15. The molecule has 31 heavy (non-hydrogen) atoms. The molecule has 4 nitrogen and oxygen atoms in total. The summed E-state index contributed by atoms with van der Waals surface area (Å²) in [6.07, 6.45) is 8.83. The van der Waals surface area contributed by atoms with Gasteiger partial charge in [0, 0.05) is 5.56 Å². The summed E-state index contributed by atoms with van der Waals surface area (Å²) in [5.74, 6) is 2.18. The van der Waals surface area contributed by atoms with Crippen LogP contribution in [0, 0.1) is 0 Å². The third-order valence-corrected chi connectivity index (χ3v) is 4.58. The smallest absolute Gasteiger partial charge is 0.185 e. The Morgan fingerprint density at radius 1 is 0.903 bits per heavy atom. The Hall–Kier alpha value is -3.01. The molecule has 0 atom stereocenters. The van der Waals surface area contributed by atoms with E-state index in [0.717, 1.165) is 48.3 Å². The SMILES string of the molecule is C=CCOc1ccc(C(=O)C=Cc2c(OCCC)ccc(CCC)c2OCCC)cc1. The van der Waals surface area contributed by atoms with E-state index >= 15 is 0 Å². The lowest BCUT2D eigenvalue weighted by Gasteiger charge is -2.17. The Bertz CT molecular complexity index is 866. The first-order valence-corrected chi connectivity index (χ1v) is 11.1. The third kappa shape index (κ3) is 7.32. The quantitative estimate of drug-likeness (QED) is 0.194. The number of carbonyl (C=O) groups excluding carboxylic acids is 1. The normalized spacial score (nSPS) is 10.8. The maximum atomic E-state index is 12.8. The summed E-state index contributed by atoms with van der Waals surface area (Å²) in [7, 11) is 0. The molecule has 2 aromatic rings. The molecular weight excluding hydrogens is 388 g/mol. The fourth-order valence-corrected chi connectivity index (χ4v) is 3.09. The zero-order valence-corrected chi connectivity index (χ0v) is 19.0. The number of rotatable bonds is 14. The summed E-state index contributed by atoms with van der Waals surface area (Å²) in [6, 6.07) is 11.2. The van der Waals surface area contributed by atoms with Gasteiger partial charge in [-0.25, -0.2) is 0 Å². The summed E-state index contributed by atoms with van der Waals surface area (Å²) >= 11 is 0. The summed E-state index contributed by atoms with van der Waals surface area (Å²) in [4.78, 5) is 12.8. The molecule has 0 unspecified atom stereocenters. The molecule has 0 saturated carbocycles. The monoisotopic (exact) mass is 422 g/mol. The lowest BCUT2D eigenvalue weighted by molar-refractivity contribution is 0.104. The molecule has 2 rings (SSSR count). The molecule has 0 spiro atoms. The number of ether oxygens (including phenoxy) is 3. The molecule has 0 aliphatic rings. The van der Waals surface area contributed by atoms with E-state index in [1.807, 2.05) is 12.1 Å². The van der Waals surface area contributed by atoms with Crippen molar-refractivity contribution in [2.75, 3.05) is 19.8 Å². The molecule has 0 fully saturated rings. The Morgan fingerprint density at radius 2 is 1.61 bits per heavy atom. The Morgan fingerprint density at radius 3 is 2.26 bits per heavy atom. The summed E-state index contributed by atoms with van der Waals surface area (Å²) in [5, 5.41) is 0. The third-order valence-electron chi connectivity index (χ3n) is 4.58. The Labute approximate surface area is 186 Å². The molecule has 0 aliphatic heterocycles. The van der Waals surface area contributed by atoms with Crippen LogP contribution in [-0.2, 0) is 6.42 Å². The van der Waals surface area contributed by atoms with E-state index in [1.54, 1.807) is 36.4 Å². The van der Waals surface area contributed by atoms with Crippen molar-refractivity contribution in [1.29, 1.82) is 0 Å². The van der Waals surface area contributed by atoms with E-state index < -0.39 is 0 Å². The van der Waals surface area contributed by atoms with Crippen molar-refractivity contribution in [3.8, 4) is 17.2 Å². The van der Waals surface area contributed by atoms with Crippen molar-refractivity contribution < 1.29 is 19.0 Å². The zero-order chi connectivity index (χ0) is 22.5. The molecule has 0 heterocycles. The van der Waals surface area contributed by atoms with Crippen molar-refractivity contribution >= 4 is 11.9 Å². The molecule has 0 saturated heterocycles. The predicted molar refractivity (Wildman–Crippen MR) is 128 cm³/mol. The van der Waals surface area contributed by atoms with Gasteiger partial charge >= 0.3 is 0 Å². The summed E-state index contributed by atoms with van der Waals surface area (Å²) < 4.78 is 17.6. The minimum absolute atomic E-state index is 0.0842. The maximum Gasteiger partial charge on any atom is 0.185 e. The van der Waals surface area contributed by atoms with Gasteiger partial charge in [0.15, 0.2) is 5.78 Å². The van der Waals surface area contributed by atoms with Gasteiger partial charge in [0.05, 0.1) is 18.8 Å². The predicted octanol–water partition coefficient (Wildman–Crippen LogP) is 6.68. The van der Waals surface area contributed by atoms with Crippen LogP contribution in [0.5, 0.6) is 17.2 Å². The first kappa shape index (κ1) is 24.3. The highest BCUT2D eigenvalue weighted by atomic mass is 16.5. The van der Waals surface area contributed by atoms with Crippen LogP contribution in [0.15, 0.2) is 55.1 Å². The summed E-state index contributed by atoms with van der Waals surface area (Å²) in [5.41, 5.74) is 2.56. The van der Waals surface area contributed by atoms with E-state index in [0.29, 0.717) is 31.1 Å². The molecular formula is C27H34O4. The lowest BCUT2D eigenvalue weighted by Crippen LogP contribution is -2.05. The topological polar surface area (TPSA) is 44.8 Å². The Balaban J connectivity index is 2.34. The van der Waals surface area contributed by atoms with Gasteiger partial charge in [0.2, 0.25) is 0 Å². The van der Waals surface area contributed by atoms with Gasteiger partial charge in [-0.1, -0.05) is 45.9 Å². The van der Waals surface area contributed by atoms with Crippen LogP contribution >= 0.6 is 0 Å². The van der Waals surface area contributed by atoms with Crippen LogP contribution in [0.2, 0.25) is 0 Å². The first-order valence-electron chi connectivity index (χ1n) is 11.1. The van der Waals surface area contributed by atoms with Crippen molar-refractivity contribution in [3.63, 3.8) is 0 Å². The Kier molecular flexibility index (Phi) is 10.4. The van der Waals surface area contributed by atoms with Gasteiger partial charge in [0.1, 0.15) is 23.9 Å². The molecule has 0 bridgehead atoms. The van der Waals surface area contributed by atoms with E-state index in [9.17, 15) is 4.79 Å². The molecule has 0 aromatic heterocycles. The van der Waals surface area contributed by atoms with E-state index in [2.05, 4.69) is 33.4 Å². The highest BCUT2D eigenvalue weighted by molar-refractivity contribution is 6.07. The lowest BCUT2D eigenvalue weighted by atomic mass is 10.0. The van der Waals surface area contributed by atoms with Crippen LogP contribution in [0.25, 0.3) is 6.08 Å². The number of benzene rings is 2. The second-order valence-electron chi connectivity index (χ2n) is 7.23. The van der Waals surface area contributed by atoms with Gasteiger partial charge in [-0.05, 0) is 67.3 Å². The minimum Gasteiger partial charge on any atom is -0.493 e. The van der Waals surface area contributed by atoms with Crippen molar-refractivity contribution in [3.05, 3.63) is 71.8 Å². The van der Waals surface area contributed by atoms with Crippen molar-refractivity contribution in [1.82, 2.24) is 0 Å². The first-order chi connectivity index (χ1) is 15.1. The fourth-order valence-electron chi connectivity index (χ4n) is 3.09. The molecule has 0 aliphatic carbocycles. The van der Waals surface area contributed by atoms with Crippen LogP contribution in [-0.4, -0.2) is 25.6 Å². The average molecular weight is 423 g/mol. The van der Waals surface area contributed by atoms with Crippen molar-refractivity contribution in [2.45, 2.75) is 46.5 Å². The van der Waals surface area contributed by atoms with Gasteiger partial charge < -0.3 is 14.2 Å². The van der Waals surface area contributed by atoms with Crippen LogP contribution in [0.4, 0.5) is 0 Å². The van der Waals surface area contributed by atoms with Gasteiger partial charge in [0.25, 0.3) is 0 Å². The van der Waals surface area contributed by atoms with Gasteiger partial charge in [-0.15, -0.1) is 0 Å². The minimum atomic E-state index is -0.0842. The second kappa shape index (κ2) is 13.3. The summed E-state index contributed by atoms with van der Waals surface area (Å²) in [6.45, 7) is 11.6. The van der Waals surface area contributed by atoms with E-state index in [-0.39, 0.29) is 5.78 Å². The number of hydrogen-bond acceptors (Lipinski definition) is 4. The number of aryl methyl sites for hydroxylation is 1. The van der Waals surface area contributed by atoms with Crippen LogP contribution in [0.3, 0.4) is 0 Å². The molecule has 0 N–H and O–H groups in total. The second-order valence-corrected chi connectivity index (χ2v) is 7.23. The molecule has 0 radical (unpaired) electrons.